The summed E-state index contributed by atoms with van der Waals surface area (Å²) < 4.78 is 13.4. The maximum atomic E-state index is 13.4. The van der Waals surface area contributed by atoms with Gasteiger partial charge in [-0.05, 0) is 37.9 Å². The Morgan fingerprint density at radius 1 is 1.50 bits per heavy atom. The van der Waals surface area contributed by atoms with Crippen molar-refractivity contribution >= 4 is 11.4 Å². The monoisotopic (exact) mass is 279 g/mol. The van der Waals surface area contributed by atoms with Gasteiger partial charge in [0, 0.05) is 13.1 Å². The van der Waals surface area contributed by atoms with Crippen LogP contribution in [0, 0.1) is 22.9 Å². The number of nitro benzene ring substituents is 1. The van der Waals surface area contributed by atoms with Crippen LogP contribution in [0.3, 0.4) is 0 Å². The third kappa shape index (κ3) is 3.54. The first-order chi connectivity index (χ1) is 9.58. The van der Waals surface area contributed by atoms with Gasteiger partial charge in [-0.25, -0.2) is 4.39 Å². The van der Waals surface area contributed by atoms with Crippen LogP contribution in [0.1, 0.15) is 18.4 Å². The number of benzene rings is 1. The van der Waals surface area contributed by atoms with E-state index in [1.54, 1.807) is 6.92 Å². The maximum Gasteiger partial charge on any atom is 0.295 e. The van der Waals surface area contributed by atoms with E-state index in [1.165, 1.54) is 11.6 Å². The normalized spacial score (nSPS) is 14.8. The standard InChI is InChI=1S/C14H18FN3O2/c1-10-8-13(14(18(19)20)9-12(10)15)17-7-4-11-2-5-16-6-3-11/h2,8-9,16-17H,3-7H2,1H3. The molecule has 0 aliphatic carbocycles. The quantitative estimate of drug-likeness (QED) is 0.494. The second-order valence-corrected chi connectivity index (χ2v) is 4.87. The Labute approximate surface area is 117 Å². The van der Waals surface area contributed by atoms with Crippen LogP contribution >= 0.6 is 0 Å². The first-order valence-corrected chi connectivity index (χ1v) is 6.65. The molecule has 0 spiro atoms. The van der Waals surface area contributed by atoms with Crippen LogP contribution in [-0.2, 0) is 0 Å². The first kappa shape index (κ1) is 14.5. The lowest BCUT2D eigenvalue weighted by Crippen LogP contribution is -2.21. The fourth-order valence-electron chi connectivity index (χ4n) is 2.22. The van der Waals surface area contributed by atoms with Crippen LogP contribution in [0.4, 0.5) is 15.8 Å². The number of hydrogen-bond acceptors (Lipinski definition) is 4. The zero-order valence-electron chi connectivity index (χ0n) is 11.4. The van der Waals surface area contributed by atoms with E-state index < -0.39 is 10.7 Å². The first-order valence-electron chi connectivity index (χ1n) is 6.65. The molecule has 1 heterocycles. The Morgan fingerprint density at radius 3 is 2.95 bits per heavy atom. The van der Waals surface area contributed by atoms with Gasteiger partial charge >= 0.3 is 0 Å². The molecule has 5 nitrogen and oxygen atoms in total. The lowest BCUT2D eigenvalue weighted by Gasteiger charge is -2.14. The molecule has 1 aliphatic heterocycles. The van der Waals surface area contributed by atoms with Crippen molar-refractivity contribution in [3.8, 4) is 0 Å². The van der Waals surface area contributed by atoms with Crippen LogP contribution in [0.5, 0.6) is 0 Å². The molecule has 6 heteroatoms. The molecule has 0 radical (unpaired) electrons. The number of hydrogen-bond donors (Lipinski definition) is 2. The summed E-state index contributed by atoms with van der Waals surface area (Å²) in [5.41, 5.74) is 1.91. The zero-order chi connectivity index (χ0) is 14.5. The van der Waals surface area contributed by atoms with Crippen molar-refractivity contribution < 1.29 is 9.31 Å². The summed E-state index contributed by atoms with van der Waals surface area (Å²) in [5, 5.41) is 17.2. The number of halogens is 1. The number of nitrogens with zero attached hydrogens (tertiary/aromatic N) is 1. The van der Waals surface area contributed by atoms with Gasteiger partial charge in [0.1, 0.15) is 11.5 Å². The minimum Gasteiger partial charge on any atom is -0.379 e. The van der Waals surface area contributed by atoms with Crippen molar-refractivity contribution in [2.75, 3.05) is 25.0 Å². The molecule has 2 N–H and O–H groups in total. The highest BCUT2D eigenvalue weighted by atomic mass is 19.1. The van der Waals surface area contributed by atoms with E-state index in [1.807, 2.05) is 0 Å². The van der Waals surface area contributed by atoms with E-state index in [-0.39, 0.29) is 5.69 Å². The minimum absolute atomic E-state index is 0.215. The summed E-state index contributed by atoms with van der Waals surface area (Å²) in [6.07, 6.45) is 4.00. The van der Waals surface area contributed by atoms with E-state index in [2.05, 4.69) is 16.7 Å². The van der Waals surface area contributed by atoms with Gasteiger partial charge in [-0.15, -0.1) is 0 Å². The highest BCUT2D eigenvalue weighted by Crippen LogP contribution is 2.27. The molecule has 0 bridgehead atoms. The number of nitro groups is 1. The molecular weight excluding hydrogens is 261 g/mol. The molecule has 2 rings (SSSR count). The lowest BCUT2D eigenvalue weighted by molar-refractivity contribution is -0.384. The smallest absolute Gasteiger partial charge is 0.295 e. The molecule has 0 amide bonds. The highest BCUT2D eigenvalue weighted by Gasteiger charge is 2.16. The van der Waals surface area contributed by atoms with E-state index in [0.29, 0.717) is 17.8 Å². The van der Waals surface area contributed by atoms with E-state index >= 15 is 0 Å². The summed E-state index contributed by atoms with van der Waals surface area (Å²) in [7, 11) is 0. The van der Waals surface area contributed by atoms with Crippen molar-refractivity contribution in [3.05, 3.63) is 45.3 Å². The van der Waals surface area contributed by atoms with Crippen LogP contribution < -0.4 is 10.6 Å². The SMILES string of the molecule is Cc1cc(NCCC2=CCNCC2)c([N+](=O)[O-])cc1F. The average Bonchev–Trinajstić information content (AvgIpc) is 2.43. The summed E-state index contributed by atoms with van der Waals surface area (Å²) >= 11 is 0. The lowest BCUT2D eigenvalue weighted by atomic mass is 10.1. The minimum atomic E-state index is -0.561. The molecule has 0 unspecified atom stereocenters. The van der Waals surface area contributed by atoms with Gasteiger partial charge < -0.3 is 10.6 Å². The van der Waals surface area contributed by atoms with Crippen molar-refractivity contribution in [2.45, 2.75) is 19.8 Å². The largest absolute Gasteiger partial charge is 0.379 e. The molecule has 20 heavy (non-hydrogen) atoms. The van der Waals surface area contributed by atoms with Crippen LogP contribution in [-0.4, -0.2) is 24.6 Å². The molecule has 1 aromatic rings. The molecular formula is C14H18FN3O2. The molecule has 1 aliphatic rings. The highest BCUT2D eigenvalue weighted by molar-refractivity contribution is 5.63. The van der Waals surface area contributed by atoms with Crippen molar-refractivity contribution in [1.82, 2.24) is 5.32 Å². The molecule has 0 aromatic heterocycles. The third-order valence-electron chi connectivity index (χ3n) is 3.39. The molecule has 0 saturated carbocycles. The predicted molar refractivity (Wildman–Crippen MR) is 76.5 cm³/mol. The zero-order valence-corrected chi connectivity index (χ0v) is 11.4. The van der Waals surface area contributed by atoms with Gasteiger partial charge in [0.05, 0.1) is 11.0 Å². The maximum absolute atomic E-state index is 13.4. The number of anilines is 1. The molecule has 1 aromatic carbocycles. The van der Waals surface area contributed by atoms with Crippen LogP contribution in [0.25, 0.3) is 0 Å². The number of nitrogens with one attached hydrogen (secondary N) is 2. The molecule has 0 atom stereocenters. The molecule has 0 saturated heterocycles. The second-order valence-electron chi connectivity index (χ2n) is 4.87. The number of rotatable bonds is 5. The second kappa shape index (κ2) is 6.47. The predicted octanol–water partition coefficient (Wildman–Crippen LogP) is 2.76. The van der Waals surface area contributed by atoms with Gasteiger partial charge in [-0.1, -0.05) is 11.6 Å². The van der Waals surface area contributed by atoms with Gasteiger partial charge in [0.25, 0.3) is 5.69 Å². The van der Waals surface area contributed by atoms with Crippen LogP contribution in [0.2, 0.25) is 0 Å². The topological polar surface area (TPSA) is 67.2 Å². The van der Waals surface area contributed by atoms with Crippen molar-refractivity contribution in [3.63, 3.8) is 0 Å². The Hall–Kier alpha value is -1.95. The Bertz CT molecular complexity index is 543. The van der Waals surface area contributed by atoms with Gasteiger partial charge in [-0.2, -0.15) is 0 Å². The molecule has 0 fully saturated rings. The van der Waals surface area contributed by atoms with Crippen molar-refractivity contribution in [2.24, 2.45) is 0 Å². The van der Waals surface area contributed by atoms with Gasteiger partial charge in [0.15, 0.2) is 0 Å². The van der Waals surface area contributed by atoms with E-state index in [0.717, 1.165) is 32.0 Å². The van der Waals surface area contributed by atoms with E-state index in [4.69, 9.17) is 0 Å². The summed E-state index contributed by atoms with van der Waals surface area (Å²) in [5.74, 6) is -0.552. The van der Waals surface area contributed by atoms with Crippen molar-refractivity contribution in [1.29, 1.82) is 0 Å². The van der Waals surface area contributed by atoms with Crippen LogP contribution in [0.15, 0.2) is 23.8 Å². The Kier molecular flexibility index (Phi) is 4.68. The Morgan fingerprint density at radius 2 is 2.30 bits per heavy atom. The average molecular weight is 279 g/mol. The third-order valence-corrected chi connectivity index (χ3v) is 3.39. The number of aryl methyl sites for hydroxylation is 1. The van der Waals surface area contributed by atoms with E-state index in [9.17, 15) is 14.5 Å². The fourth-order valence-corrected chi connectivity index (χ4v) is 2.22. The summed E-state index contributed by atoms with van der Waals surface area (Å²) in [6, 6.07) is 2.46. The van der Waals surface area contributed by atoms with Gasteiger partial charge in [0.2, 0.25) is 0 Å². The summed E-state index contributed by atoms with van der Waals surface area (Å²) in [4.78, 5) is 10.4. The fraction of sp³-hybridized carbons (Fsp3) is 0.429. The summed E-state index contributed by atoms with van der Waals surface area (Å²) in [6.45, 7) is 4.06. The Balaban J connectivity index is 2.03. The molecule has 108 valence electrons. The van der Waals surface area contributed by atoms with Gasteiger partial charge in [-0.3, -0.25) is 10.1 Å².